The van der Waals surface area contributed by atoms with E-state index in [-0.39, 0.29) is 0 Å². The lowest BCUT2D eigenvalue weighted by Crippen LogP contribution is -2.23. The number of hydrogen-bond donors (Lipinski definition) is 0. The van der Waals surface area contributed by atoms with Gasteiger partial charge in [0.1, 0.15) is 5.82 Å². The summed E-state index contributed by atoms with van der Waals surface area (Å²) >= 11 is 6.04. The third-order valence-electron chi connectivity index (χ3n) is 3.34. The van der Waals surface area contributed by atoms with E-state index in [4.69, 9.17) is 11.6 Å². The third-order valence-corrected chi connectivity index (χ3v) is 3.51. The summed E-state index contributed by atoms with van der Waals surface area (Å²) in [6.45, 7) is 6.07. The first kappa shape index (κ1) is 14.8. The van der Waals surface area contributed by atoms with Gasteiger partial charge in [0.2, 0.25) is 5.28 Å². The molecule has 0 aliphatic rings. The van der Waals surface area contributed by atoms with Crippen LogP contribution in [0.2, 0.25) is 5.28 Å². The molecule has 1 aromatic heterocycles. The van der Waals surface area contributed by atoms with Crippen LogP contribution in [-0.2, 0) is 12.8 Å². The minimum Gasteiger partial charge on any atom is -0.357 e. The molecule has 2 aromatic rings. The van der Waals surface area contributed by atoms with E-state index in [1.807, 2.05) is 12.1 Å². The maximum absolute atomic E-state index is 6.04. The molecule has 0 atom stereocenters. The van der Waals surface area contributed by atoms with Crippen LogP contribution in [0.4, 0.5) is 5.82 Å². The van der Waals surface area contributed by atoms with Gasteiger partial charge in [-0.1, -0.05) is 30.3 Å². The fourth-order valence-corrected chi connectivity index (χ4v) is 2.40. The highest BCUT2D eigenvalue weighted by molar-refractivity contribution is 6.28. The van der Waals surface area contributed by atoms with E-state index in [0.717, 1.165) is 37.4 Å². The molecule has 0 aliphatic heterocycles. The summed E-state index contributed by atoms with van der Waals surface area (Å²) in [5, 5.41) is 0.331. The molecule has 106 valence electrons. The van der Waals surface area contributed by atoms with Crippen LogP contribution in [0, 0.1) is 0 Å². The Bertz CT molecular complexity index is 539. The molecule has 1 heterocycles. The van der Waals surface area contributed by atoms with E-state index in [9.17, 15) is 0 Å². The fourth-order valence-electron chi connectivity index (χ4n) is 2.21. The molecule has 0 fully saturated rings. The summed E-state index contributed by atoms with van der Waals surface area (Å²) in [6.07, 6.45) is 1.84. The molecule has 2 rings (SSSR count). The monoisotopic (exact) mass is 289 g/mol. The summed E-state index contributed by atoms with van der Waals surface area (Å²) in [6, 6.07) is 12.5. The predicted molar refractivity (Wildman–Crippen MR) is 84.5 cm³/mol. The van der Waals surface area contributed by atoms with Gasteiger partial charge in [-0.15, -0.1) is 0 Å². The van der Waals surface area contributed by atoms with Crippen molar-refractivity contribution in [3.05, 3.63) is 52.9 Å². The van der Waals surface area contributed by atoms with Crippen molar-refractivity contribution in [2.45, 2.75) is 26.7 Å². The number of aromatic nitrogens is 2. The third kappa shape index (κ3) is 3.94. The summed E-state index contributed by atoms with van der Waals surface area (Å²) in [7, 11) is 0. The van der Waals surface area contributed by atoms with Crippen LogP contribution in [0.5, 0.6) is 0 Å². The number of hydrogen-bond acceptors (Lipinski definition) is 3. The minimum atomic E-state index is 0.331. The predicted octanol–water partition coefficient (Wildman–Crippen LogP) is 3.76. The van der Waals surface area contributed by atoms with Gasteiger partial charge in [-0.2, -0.15) is 0 Å². The number of benzene rings is 1. The number of anilines is 1. The van der Waals surface area contributed by atoms with E-state index in [1.165, 1.54) is 5.56 Å². The number of aryl methyl sites for hydroxylation is 2. The zero-order chi connectivity index (χ0) is 14.4. The topological polar surface area (TPSA) is 29.0 Å². The molecular weight excluding hydrogens is 270 g/mol. The van der Waals surface area contributed by atoms with E-state index < -0.39 is 0 Å². The molecule has 0 unspecified atom stereocenters. The molecule has 20 heavy (non-hydrogen) atoms. The van der Waals surface area contributed by atoms with Crippen molar-refractivity contribution in [3.63, 3.8) is 0 Å². The molecular formula is C16H20ClN3. The quantitative estimate of drug-likeness (QED) is 0.758. The first-order chi connectivity index (χ1) is 9.72. The second-order valence-electron chi connectivity index (χ2n) is 4.64. The first-order valence-electron chi connectivity index (χ1n) is 7.05. The van der Waals surface area contributed by atoms with E-state index >= 15 is 0 Å². The summed E-state index contributed by atoms with van der Waals surface area (Å²) < 4.78 is 0. The van der Waals surface area contributed by atoms with E-state index in [0.29, 0.717) is 5.28 Å². The Labute approximate surface area is 125 Å². The highest BCUT2D eigenvalue weighted by Gasteiger charge is 2.08. The lowest BCUT2D eigenvalue weighted by Gasteiger charge is -2.20. The average molecular weight is 290 g/mol. The van der Waals surface area contributed by atoms with Crippen molar-refractivity contribution < 1.29 is 0 Å². The molecule has 0 saturated heterocycles. The molecule has 0 spiro atoms. The highest BCUT2D eigenvalue weighted by atomic mass is 35.5. The summed E-state index contributed by atoms with van der Waals surface area (Å²) in [4.78, 5) is 10.8. The standard InChI is InChI=1S/C16H20ClN3/c1-3-20(4-2)15-12-14(18-16(17)19-15)11-10-13-8-6-5-7-9-13/h5-9,12H,3-4,10-11H2,1-2H3. The second-order valence-corrected chi connectivity index (χ2v) is 4.98. The normalized spacial score (nSPS) is 10.6. The zero-order valence-corrected chi connectivity index (χ0v) is 12.8. The highest BCUT2D eigenvalue weighted by Crippen LogP contribution is 2.16. The largest absolute Gasteiger partial charge is 0.357 e. The van der Waals surface area contributed by atoms with Gasteiger partial charge in [0.15, 0.2) is 0 Å². The maximum Gasteiger partial charge on any atom is 0.224 e. The van der Waals surface area contributed by atoms with Gasteiger partial charge in [0, 0.05) is 24.8 Å². The van der Waals surface area contributed by atoms with Crippen molar-refractivity contribution in [1.82, 2.24) is 9.97 Å². The zero-order valence-electron chi connectivity index (χ0n) is 12.0. The minimum absolute atomic E-state index is 0.331. The molecule has 0 bridgehead atoms. The van der Waals surface area contributed by atoms with Crippen molar-refractivity contribution in [2.24, 2.45) is 0 Å². The SMILES string of the molecule is CCN(CC)c1cc(CCc2ccccc2)nc(Cl)n1. The average Bonchev–Trinajstić information content (AvgIpc) is 2.47. The molecule has 0 N–H and O–H groups in total. The van der Waals surface area contributed by atoms with Crippen LogP contribution in [0.1, 0.15) is 25.1 Å². The van der Waals surface area contributed by atoms with Crippen molar-refractivity contribution in [2.75, 3.05) is 18.0 Å². The Morgan fingerprint density at radius 2 is 1.70 bits per heavy atom. The Hall–Kier alpha value is -1.61. The first-order valence-corrected chi connectivity index (χ1v) is 7.43. The Morgan fingerprint density at radius 3 is 2.35 bits per heavy atom. The van der Waals surface area contributed by atoms with Crippen LogP contribution >= 0.6 is 11.6 Å². The lowest BCUT2D eigenvalue weighted by atomic mass is 10.1. The van der Waals surface area contributed by atoms with Crippen molar-refractivity contribution in [1.29, 1.82) is 0 Å². The molecule has 3 nitrogen and oxygen atoms in total. The van der Waals surface area contributed by atoms with Crippen molar-refractivity contribution >= 4 is 17.4 Å². The second kappa shape index (κ2) is 7.25. The van der Waals surface area contributed by atoms with E-state index in [2.05, 4.69) is 53.0 Å². The lowest BCUT2D eigenvalue weighted by molar-refractivity contribution is 0.827. The van der Waals surface area contributed by atoms with Gasteiger partial charge in [-0.25, -0.2) is 9.97 Å². The van der Waals surface area contributed by atoms with Gasteiger partial charge in [-0.3, -0.25) is 0 Å². The van der Waals surface area contributed by atoms with Gasteiger partial charge in [0.25, 0.3) is 0 Å². The van der Waals surface area contributed by atoms with Crippen LogP contribution in [0.3, 0.4) is 0 Å². The molecule has 4 heteroatoms. The number of halogens is 1. The molecule has 0 radical (unpaired) electrons. The smallest absolute Gasteiger partial charge is 0.224 e. The van der Waals surface area contributed by atoms with Gasteiger partial charge < -0.3 is 4.90 Å². The van der Waals surface area contributed by atoms with Crippen LogP contribution in [0.25, 0.3) is 0 Å². The van der Waals surface area contributed by atoms with Crippen LogP contribution in [0.15, 0.2) is 36.4 Å². The summed E-state index contributed by atoms with van der Waals surface area (Å²) in [5.74, 6) is 0.915. The van der Waals surface area contributed by atoms with Gasteiger partial charge >= 0.3 is 0 Å². The van der Waals surface area contributed by atoms with Gasteiger partial charge in [0.05, 0.1) is 0 Å². The molecule has 0 aliphatic carbocycles. The Balaban J connectivity index is 2.12. The van der Waals surface area contributed by atoms with Crippen LogP contribution in [-0.4, -0.2) is 23.1 Å². The molecule has 1 aromatic carbocycles. The Kier molecular flexibility index (Phi) is 5.36. The van der Waals surface area contributed by atoms with Crippen LogP contribution < -0.4 is 4.90 Å². The fraction of sp³-hybridized carbons (Fsp3) is 0.375. The Morgan fingerprint density at radius 1 is 1.00 bits per heavy atom. The molecule has 0 amide bonds. The van der Waals surface area contributed by atoms with Gasteiger partial charge in [-0.05, 0) is 43.9 Å². The summed E-state index contributed by atoms with van der Waals surface area (Å²) in [5.41, 5.74) is 2.31. The van der Waals surface area contributed by atoms with Crippen molar-refractivity contribution in [3.8, 4) is 0 Å². The van der Waals surface area contributed by atoms with E-state index in [1.54, 1.807) is 0 Å². The molecule has 0 saturated carbocycles. The number of nitrogens with zero attached hydrogens (tertiary/aromatic N) is 3. The maximum atomic E-state index is 6.04. The number of rotatable bonds is 6.